The summed E-state index contributed by atoms with van der Waals surface area (Å²) in [5, 5.41) is 3.19. The molecule has 1 N–H and O–H groups in total. The van der Waals surface area contributed by atoms with E-state index in [1.54, 1.807) is 18.7 Å². The van der Waals surface area contributed by atoms with Crippen molar-refractivity contribution < 1.29 is 23.9 Å². The van der Waals surface area contributed by atoms with E-state index < -0.39 is 18.1 Å². The minimum absolute atomic E-state index is 0.0752. The first-order valence-corrected chi connectivity index (χ1v) is 11.3. The molecule has 0 radical (unpaired) electrons. The molecule has 7 heteroatoms. The molecule has 1 saturated heterocycles. The number of ether oxygens (including phenoxy) is 2. The number of carbonyl (C=O) groups is 3. The van der Waals surface area contributed by atoms with Gasteiger partial charge in [0.1, 0.15) is 12.1 Å². The van der Waals surface area contributed by atoms with Crippen LogP contribution >= 0.6 is 0 Å². The van der Waals surface area contributed by atoms with Crippen molar-refractivity contribution in [2.24, 2.45) is 5.92 Å². The zero-order valence-corrected chi connectivity index (χ0v) is 18.7. The summed E-state index contributed by atoms with van der Waals surface area (Å²) in [5.74, 6) is -0.526. The highest BCUT2D eigenvalue weighted by atomic mass is 16.5. The van der Waals surface area contributed by atoms with Crippen LogP contribution in [0.25, 0.3) is 0 Å². The van der Waals surface area contributed by atoms with Crippen LogP contribution in [0.1, 0.15) is 51.5 Å². The van der Waals surface area contributed by atoms with Gasteiger partial charge in [-0.25, -0.2) is 4.79 Å². The summed E-state index contributed by atoms with van der Waals surface area (Å²) in [6, 6.07) is 8.24. The van der Waals surface area contributed by atoms with Gasteiger partial charge in [-0.1, -0.05) is 36.8 Å². The van der Waals surface area contributed by atoms with Crippen LogP contribution < -0.4 is 5.32 Å². The molecule has 3 rings (SSSR count). The number of nitrogens with one attached hydrogen (secondary N) is 1. The predicted molar refractivity (Wildman–Crippen MR) is 116 cm³/mol. The molecule has 5 atom stereocenters. The second kappa shape index (κ2) is 10.8. The van der Waals surface area contributed by atoms with E-state index in [-0.39, 0.29) is 30.5 Å². The number of benzene rings is 1. The van der Waals surface area contributed by atoms with Crippen molar-refractivity contribution in [3.8, 4) is 0 Å². The molecule has 1 aromatic carbocycles. The number of hydrogen-bond acceptors (Lipinski definition) is 6. The smallest absolute Gasteiger partial charge is 0.328 e. The van der Waals surface area contributed by atoms with Gasteiger partial charge < -0.3 is 14.4 Å². The summed E-state index contributed by atoms with van der Waals surface area (Å²) in [4.78, 5) is 40.0. The normalized spacial score (nSPS) is 24.4. The van der Waals surface area contributed by atoms with Gasteiger partial charge >= 0.3 is 11.9 Å². The van der Waals surface area contributed by atoms with Gasteiger partial charge in [0.25, 0.3) is 0 Å². The van der Waals surface area contributed by atoms with Crippen molar-refractivity contribution in [3.63, 3.8) is 0 Å². The Morgan fingerprint density at radius 2 is 1.94 bits per heavy atom. The number of hydrogen-bond donors (Lipinski definition) is 1. The lowest BCUT2D eigenvalue weighted by Gasteiger charge is -2.32. The van der Waals surface area contributed by atoms with E-state index in [4.69, 9.17) is 9.47 Å². The molecule has 1 heterocycles. The molecule has 170 valence electrons. The van der Waals surface area contributed by atoms with Gasteiger partial charge in [0.2, 0.25) is 5.91 Å². The number of carbonyl (C=O) groups excluding carboxylic acids is 3. The van der Waals surface area contributed by atoms with Crippen LogP contribution in [0.2, 0.25) is 0 Å². The second-order valence-corrected chi connectivity index (χ2v) is 8.50. The topological polar surface area (TPSA) is 84.9 Å². The van der Waals surface area contributed by atoms with Crippen molar-refractivity contribution in [3.05, 3.63) is 35.9 Å². The summed E-state index contributed by atoms with van der Waals surface area (Å²) in [6.45, 7) is 3.81. The van der Waals surface area contributed by atoms with Crippen LogP contribution in [0.4, 0.5) is 0 Å². The molecule has 31 heavy (non-hydrogen) atoms. The largest absolute Gasteiger partial charge is 0.467 e. The summed E-state index contributed by atoms with van der Waals surface area (Å²) in [7, 11) is 1.36. The molecule has 1 aromatic rings. The average Bonchev–Trinajstić information content (AvgIpc) is 3.37. The zero-order valence-electron chi connectivity index (χ0n) is 18.7. The maximum absolute atomic E-state index is 13.4. The van der Waals surface area contributed by atoms with Crippen molar-refractivity contribution in [2.75, 3.05) is 13.7 Å². The molecule has 0 bridgehead atoms. The third kappa shape index (κ3) is 5.45. The molecule has 1 aliphatic heterocycles. The van der Waals surface area contributed by atoms with Crippen LogP contribution in [-0.2, 0) is 30.3 Å². The quantitative estimate of drug-likeness (QED) is 0.606. The minimum Gasteiger partial charge on any atom is -0.467 e. The highest BCUT2D eigenvalue weighted by Gasteiger charge is 2.50. The molecule has 1 saturated carbocycles. The van der Waals surface area contributed by atoms with E-state index in [0.29, 0.717) is 25.2 Å². The van der Waals surface area contributed by atoms with E-state index in [9.17, 15) is 14.4 Å². The van der Waals surface area contributed by atoms with Gasteiger partial charge in [-0.15, -0.1) is 0 Å². The first-order chi connectivity index (χ1) is 15.0. The number of likely N-dealkylation sites (tertiary alicyclic amines) is 1. The number of rotatable bonds is 9. The summed E-state index contributed by atoms with van der Waals surface area (Å²) in [6.07, 6.45) is 4.88. The third-order valence-electron chi connectivity index (χ3n) is 6.52. The molecule has 7 nitrogen and oxygen atoms in total. The molecule has 0 aromatic heterocycles. The van der Waals surface area contributed by atoms with Gasteiger partial charge in [-0.05, 0) is 57.4 Å². The van der Waals surface area contributed by atoms with Gasteiger partial charge in [0.15, 0.2) is 0 Å². The Morgan fingerprint density at radius 1 is 1.19 bits per heavy atom. The number of methoxy groups -OCH3 is 1. The number of esters is 2. The standard InChI is InChI=1S/C24H34N2O5/c1-4-31-23(28)19(14-13-17-9-6-5-7-10-17)25-16(2)22(27)26-20-12-8-11-18(20)15-21(26)24(29)30-3/h5-7,9-10,16,18-21,25H,4,8,11-15H2,1-3H3. The monoisotopic (exact) mass is 430 g/mol. The highest BCUT2D eigenvalue weighted by molar-refractivity contribution is 5.89. The van der Waals surface area contributed by atoms with E-state index in [2.05, 4.69) is 5.32 Å². The molecule has 1 aliphatic carbocycles. The van der Waals surface area contributed by atoms with E-state index in [0.717, 1.165) is 24.8 Å². The van der Waals surface area contributed by atoms with E-state index in [1.165, 1.54) is 7.11 Å². The molecule has 2 aliphatic rings. The molecular weight excluding hydrogens is 396 g/mol. The predicted octanol–water partition coefficient (Wildman–Crippen LogP) is 2.47. The maximum Gasteiger partial charge on any atom is 0.328 e. The van der Waals surface area contributed by atoms with E-state index in [1.807, 2.05) is 30.3 Å². The maximum atomic E-state index is 13.4. The Morgan fingerprint density at radius 3 is 2.61 bits per heavy atom. The zero-order chi connectivity index (χ0) is 22.4. The molecule has 5 unspecified atom stereocenters. The number of amides is 1. The fourth-order valence-electron chi connectivity index (χ4n) is 5.02. The molecule has 0 spiro atoms. The molecular formula is C24H34N2O5. The second-order valence-electron chi connectivity index (χ2n) is 8.50. The van der Waals surface area contributed by atoms with Gasteiger partial charge in [-0.2, -0.15) is 0 Å². The minimum atomic E-state index is -0.614. The molecule has 1 amide bonds. The van der Waals surface area contributed by atoms with Gasteiger partial charge in [0.05, 0.1) is 19.8 Å². The lowest BCUT2D eigenvalue weighted by Crippen LogP contribution is -2.55. The fraction of sp³-hybridized carbons (Fsp3) is 0.625. The van der Waals surface area contributed by atoms with Gasteiger partial charge in [0, 0.05) is 6.04 Å². The van der Waals surface area contributed by atoms with Crippen LogP contribution in [0.3, 0.4) is 0 Å². The lowest BCUT2D eigenvalue weighted by atomic mass is 10.0. The van der Waals surface area contributed by atoms with Crippen LogP contribution in [0.5, 0.6) is 0 Å². The lowest BCUT2D eigenvalue weighted by molar-refractivity contribution is -0.153. The van der Waals surface area contributed by atoms with Crippen molar-refractivity contribution >= 4 is 17.8 Å². The van der Waals surface area contributed by atoms with Crippen LogP contribution in [0, 0.1) is 5.92 Å². The number of aryl methyl sites for hydroxylation is 1. The summed E-state index contributed by atoms with van der Waals surface area (Å²) in [5.41, 5.74) is 1.12. The fourth-order valence-corrected chi connectivity index (χ4v) is 5.02. The summed E-state index contributed by atoms with van der Waals surface area (Å²) >= 11 is 0. The van der Waals surface area contributed by atoms with Crippen LogP contribution in [0.15, 0.2) is 30.3 Å². The first kappa shape index (κ1) is 23.3. The Balaban J connectivity index is 1.70. The van der Waals surface area contributed by atoms with Gasteiger partial charge in [-0.3, -0.25) is 14.9 Å². The Hall–Kier alpha value is -2.41. The number of fused-ring (bicyclic) bond motifs is 1. The summed E-state index contributed by atoms with van der Waals surface area (Å²) < 4.78 is 10.2. The Bertz CT molecular complexity index is 768. The Kier molecular flexibility index (Phi) is 8.07. The van der Waals surface area contributed by atoms with Crippen molar-refractivity contribution in [1.29, 1.82) is 0 Å². The Labute approximate surface area is 184 Å². The third-order valence-corrected chi connectivity index (χ3v) is 6.52. The highest BCUT2D eigenvalue weighted by Crippen LogP contribution is 2.41. The van der Waals surface area contributed by atoms with Crippen molar-refractivity contribution in [2.45, 2.75) is 76.5 Å². The van der Waals surface area contributed by atoms with Crippen LogP contribution in [-0.4, -0.2) is 60.6 Å². The average molecular weight is 431 g/mol. The van der Waals surface area contributed by atoms with E-state index >= 15 is 0 Å². The SMILES string of the molecule is CCOC(=O)C(CCc1ccccc1)NC(C)C(=O)N1C(C(=O)OC)CC2CCCC21. The molecule has 2 fully saturated rings. The van der Waals surface area contributed by atoms with Crippen molar-refractivity contribution in [1.82, 2.24) is 10.2 Å². The first-order valence-electron chi connectivity index (χ1n) is 11.3. The number of nitrogens with zero attached hydrogens (tertiary/aromatic N) is 1.